The van der Waals surface area contributed by atoms with Gasteiger partial charge >= 0.3 is 5.97 Å². The number of fused-ring (bicyclic) bond motifs is 2. The zero-order valence-electron chi connectivity index (χ0n) is 12.5. The van der Waals surface area contributed by atoms with Gasteiger partial charge in [-0.2, -0.15) is 0 Å². The Morgan fingerprint density at radius 1 is 1.27 bits per heavy atom. The van der Waals surface area contributed by atoms with Crippen molar-refractivity contribution in [3.63, 3.8) is 0 Å². The van der Waals surface area contributed by atoms with Crippen LogP contribution in [-0.4, -0.2) is 40.5 Å². The summed E-state index contributed by atoms with van der Waals surface area (Å²) in [4.78, 5) is 29.7. The maximum Gasteiger partial charge on any atom is 0.305 e. The molecule has 1 amide bonds. The normalized spacial score (nSPS) is 13.1. The van der Waals surface area contributed by atoms with Crippen molar-refractivity contribution >= 4 is 22.8 Å². The fourth-order valence-corrected chi connectivity index (χ4v) is 3.01. The van der Waals surface area contributed by atoms with Gasteiger partial charge in [0.25, 0.3) is 5.91 Å². The number of carboxylic acids is 1. The third-order valence-corrected chi connectivity index (χ3v) is 4.14. The second kappa shape index (κ2) is 5.75. The van der Waals surface area contributed by atoms with Crippen molar-refractivity contribution in [2.24, 2.45) is 0 Å². The van der Waals surface area contributed by atoms with E-state index in [0.717, 1.165) is 41.4 Å². The zero-order chi connectivity index (χ0) is 15.7. The van der Waals surface area contributed by atoms with Crippen LogP contribution in [0.15, 0.2) is 24.3 Å². The molecule has 2 aromatic rings. The van der Waals surface area contributed by atoms with E-state index < -0.39 is 5.97 Å². The highest BCUT2D eigenvalue weighted by atomic mass is 16.4. The molecule has 3 rings (SSSR count). The summed E-state index contributed by atoms with van der Waals surface area (Å²) in [5.41, 5.74) is 3.57. The third-order valence-electron chi connectivity index (χ3n) is 4.14. The first-order chi connectivity index (χ1) is 10.6. The van der Waals surface area contributed by atoms with E-state index in [9.17, 15) is 9.59 Å². The number of benzene rings is 1. The van der Waals surface area contributed by atoms with Gasteiger partial charge < -0.3 is 10.0 Å². The minimum Gasteiger partial charge on any atom is -0.481 e. The molecule has 5 heteroatoms. The quantitative estimate of drug-likeness (QED) is 0.940. The Balaban J connectivity index is 2.05. The van der Waals surface area contributed by atoms with Gasteiger partial charge in [0.05, 0.1) is 17.5 Å². The molecular weight excluding hydrogens is 280 g/mol. The minimum absolute atomic E-state index is 0.0482. The van der Waals surface area contributed by atoms with Crippen LogP contribution < -0.4 is 0 Å². The predicted molar refractivity (Wildman–Crippen MR) is 83.0 cm³/mol. The summed E-state index contributed by atoms with van der Waals surface area (Å²) in [5.74, 6) is -1.01. The number of rotatable bonds is 4. The van der Waals surface area contributed by atoms with Gasteiger partial charge in [0, 0.05) is 24.7 Å². The third kappa shape index (κ3) is 2.54. The van der Waals surface area contributed by atoms with Gasteiger partial charge in [-0.05, 0) is 30.9 Å². The highest BCUT2D eigenvalue weighted by Gasteiger charge is 2.25. The number of para-hydroxylation sites is 1. The van der Waals surface area contributed by atoms with E-state index in [4.69, 9.17) is 5.11 Å². The average Bonchev–Trinajstić information content (AvgIpc) is 2.97. The summed E-state index contributed by atoms with van der Waals surface area (Å²) in [7, 11) is 1.65. The fourth-order valence-electron chi connectivity index (χ4n) is 3.01. The SMILES string of the molecule is CN(CCC(=O)O)C(=O)c1c2c(nc3ccccc13)CCC2. The van der Waals surface area contributed by atoms with Gasteiger partial charge in [-0.25, -0.2) is 0 Å². The molecule has 114 valence electrons. The number of aliphatic carboxylic acids is 1. The Morgan fingerprint density at radius 3 is 2.82 bits per heavy atom. The Bertz CT molecular complexity index is 755. The molecule has 0 saturated heterocycles. The Morgan fingerprint density at radius 2 is 2.05 bits per heavy atom. The molecule has 1 aliphatic carbocycles. The van der Waals surface area contributed by atoms with Crippen molar-refractivity contribution in [1.82, 2.24) is 9.88 Å². The number of pyridine rings is 1. The molecule has 1 heterocycles. The molecule has 22 heavy (non-hydrogen) atoms. The van der Waals surface area contributed by atoms with Crippen LogP contribution in [0.3, 0.4) is 0 Å². The van der Waals surface area contributed by atoms with Crippen LogP contribution in [0.5, 0.6) is 0 Å². The Labute approximate surface area is 128 Å². The molecule has 0 saturated carbocycles. The monoisotopic (exact) mass is 298 g/mol. The second-order valence-corrected chi connectivity index (χ2v) is 5.65. The summed E-state index contributed by atoms with van der Waals surface area (Å²) in [6.07, 6.45) is 2.73. The van der Waals surface area contributed by atoms with Crippen LogP contribution >= 0.6 is 0 Å². The maximum absolute atomic E-state index is 12.8. The predicted octanol–water partition coefficient (Wildman–Crippen LogP) is 2.27. The number of aryl methyl sites for hydroxylation is 1. The van der Waals surface area contributed by atoms with Crippen molar-refractivity contribution < 1.29 is 14.7 Å². The van der Waals surface area contributed by atoms with Gasteiger partial charge in [-0.3, -0.25) is 14.6 Å². The van der Waals surface area contributed by atoms with Gasteiger partial charge in [0.15, 0.2) is 0 Å². The molecular formula is C17H18N2O3. The summed E-state index contributed by atoms with van der Waals surface area (Å²) >= 11 is 0. The van der Waals surface area contributed by atoms with E-state index >= 15 is 0 Å². The smallest absolute Gasteiger partial charge is 0.305 e. The van der Waals surface area contributed by atoms with Crippen molar-refractivity contribution in [2.45, 2.75) is 25.7 Å². The number of carbonyl (C=O) groups is 2. The number of nitrogens with zero attached hydrogens (tertiary/aromatic N) is 2. The molecule has 0 spiro atoms. The van der Waals surface area contributed by atoms with E-state index in [0.29, 0.717) is 5.56 Å². The molecule has 0 atom stereocenters. The number of carboxylic acid groups (broad SMARTS) is 1. The van der Waals surface area contributed by atoms with E-state index in [1.165, 1.54) is 4.90 Å². The number of hydrogen-bond acceptors (Lipinski definition) is 3. The van der Waals surface area contributed by atoms with Crippen molar-refractivity contribution in [3.05, 3.63) is 41.1 Å². The first-order valence-corrected chi connectivity index (χ1v) is 7.45. The molecule has 1 aromatic carbocycles. The second-order valence-electron chi connectivity index (χ2n) is 5.65. The van der Waals surface area contributed by atoms with Crippen LogP contribution in [0.4, 0.5) is 0 Å². The fraction of sp³-hybridized carbons (Fsp3) is 0.353. The van der Waals surface area contributed by atoms with Crippen molar-refractivity contribution in [1.29, 1.82) is 0 Å². The van der Waals surface area contributed by atoms with Gasteiger partial charge in [0.2, 0.25) is 0 Å². The van der Waals surface area contributed by atoms with Crippen LogP contribution in [0.25, 0.3) is 10.9 Å². The van der Waals surface area contributed by atoms with Gasteiger partial charge in [0.1, 0.15) is 0 Å². The Hall–Kier alpha value is -2.43. The number of aromatic nitrogens is 1. The van der Waals surface area contributed by atoms with E-state index in [1.807, 2.05) is 24.3 Å². The highest BCUT2D eigenvalue weighted by molar-refractivity contribution is 6.07. The summed E-state index contributed by atoms with van der Waals surface area (Å²) in [6.45, 7) is 0.208. The zero-order valence-corrected chi connectivity index (χ0v) is 12.5. The lowest BCUT2D eigenvalue weighted by Crippen LogP contribution is -2.30. The molecule has 1 N–H and O–H groups in total. The molecule has 0 aliphatic heterocycles. The molecule has 0 unspecified atom stereocenters. The highest BCUT2D eigenvalue weighted by Crippen LogP contribution is 2.30. The number of hydrogen-bond donors (Lipinski definition) is 1. The topological polar surface area (TPSA) is 70.5 Å². The van der Waals surface area contributed by atoms with Gasteiger partial charge in [-0.1, -0.05) is 18.2 Å². The molecule has 0 fully saturated rings. The molecule has 1 aromatic heterocycles. The lowest BCUT2D eigenvalue weighted by atomic mass is 10.00. The van der Waals surface area contributed by atoms with Crippen molar-refractivity contribution in [2.75, 3.05) is 13.6 Å². The van der Waals surface area contributed by atoms with Crippen LogP contribution in [0.2, 0.25) is 0 Å². The molecule has 0 bridgehead atoms. The molecule has 5 nitrogen and oxygen atoms in total. The maximum atomic E-state index is 12.8. The van der Waals surface area contributed by atoms with Crippen LogP contribution in [0, 0.1) is 0 Å². The molecule has 0 radical (unpaired) electrons. The van der Waals surface area contributed by atoms with Gasteiger partial charge in [-0.15, -0.1) is 0 Å². The largest absolute Gasteiger partial charge is 0.481 e. The van der Waals surface area contributed by atoms with Crippen molar-refractivity contribution in [3.8, 4) is 0 Å². The standard InChI is InChI=1S/C17H18N2O3/c1-19(10-9-15(20)21)17(22)16-11-5-2-3-7-13(11)18-14-8-4-6-12(14)16/h2-3,5,7H,4,6,8-10H2,1H3,(H,20,21). The first-order valence-electron chi connectivity index (χ1n) is 7.45. The lowest BCUT2D eigenvalue weighted by Gasteiger charge is -2.19. The number of carbonyl (C=O) groups excluding carboxylic acids is 1. The summed E-state index contributed by atoms with van der Waals surface area (Å²) in [6, 6.07) is 7.65. The Kier molecular flexibility index (Phi) is 3.79. The van der Waals surface area contributed by atoms with E-state index in [2.05, 4.69) is 4.98 Å². The minimum atomic E-state index is -0.899. The number of amides is 1. The van der Waals surface area contributed by atoms with E-state index in [-0.39, 0.29) is 18.9 Å². The summed E-state index contributed by atoms with van der Waals surface area (Å²) in [5, 5.41) is 9.65. The summed E-state index contributed by atoms with van der Waals surface area (Å²) < 4.78 is 0. The lowest BCUT2D eigenvalue weighted by molar-refractivity contribution is -0.137. The molecule has 1 aliphatic rings. The van der Waals surface area contributed by atoms with Crippen LogP contribution in [0.1, 0.15) is 34.5 Å². The van der Waals surface area contributed by atoms with Crippen LogP contribution in [-0.2, 0) is 17.6 Å². The first kappa shape index (κ1) is 14.5. The average molecular weight is 298 g/mol. The van der Waals surface area contributed by atoms with E-state index in [1.54, 1.807) is 7.05 Å².